The van der Waals surface area contributed by atoms with Crippen molar-refractivity contribution in [2.24, 2.45) is 0 Å². The molecule has 10 aromatic rings. The smallest absolute Gasteiger partial charge is 0.152 e. The Morgan fingerprint density at radius 3 is 1.88 bits per heavy atom. The van der Waals surface area contributed by atoms with E-state index in [1.165, 1.54) is 54.1 Å². The maximum Gasteiger partial charge on any atom is 0.152 e. The van der Waals surface area contributed by atoms with Crippen molar-refractivity contribution in [3.05, 3.63) is 182 Å². The first-order chi connectivity index (χ1) is 25.3. The van der Waals surface area contributed by atoms with Crippen molar-refractivity contribution >= 4 is 71.2 Å². The zero-order chi connectivity index (χ0) is 33.5. The summed E-state index contributed by atoms with van der Waals surface area (Å²) in [5, 5.41) is 9.94. The maximum atomic E-state index is 6.62. The number of rotatable bonds is 3. The number of anilines is 3. The molecule has 0 amide bonds. The first kappa shape index (κ1) is 28.0. The number of aromatic nitrogens is 1. The van der Waals surface area contributed by atoms with Crippen molar-refractivity contribution in [2.45, 2.75) is 0 Å². The van der Waals surface area contributed by atoms with E-state index in [1.54, 1.807) is 0 Å². The van der Waals surface area contributed by atoms with Crippen LogP contribution in [0.3, 0.4) is 0 Å². The number of benzene rings is 9. The molecule has 0 bridgehead atoms. The third kappa shape index (κ3) is 4.32. The molecule has 9 aromatic carbocycles. The van der Waals surface area contributed by atoms with Crippen molar-refractivity contribution in [3.63, 3.8) is 0 Å². The Balaban J connectivity index is 1.05. The topological polar surface area (TPSA) is 17.4 Å². The van der Waals surface area contributed by atoms with E-state index in [2.05, 4.69) is 185 Å². The number of nitrogens with zero attached hydrogens (tertiary/aromatic N) is 2. The van der Waals surface area contributed by atoms with E-state index in [1.807, 2.05) is 6.07 Å². The Labute approximate surface area is 294 Å². The summed E-state index contributed by atoms with van der Waals surface area (Å²) in [5.74, 6) is 1.68. The first-order valence-corrected chi connectivity index (χ1v) is 17.4. The van der Waals surface area contributed by atoms with Gasteiger partial charge in [-0.1, -0.05) is 115 Å². The highest BCUT2D eigenvalue weighted by Crippen LogP contribution is 2.51. The minimum Gasteiger partial charge on any atom is -0.453 e. The summed E-state index contributed by atoms with van der Waals surface area (Å²) in [6.45, 7) is 0. The fraction of sp³-hybridized carbons (Fsp3) is 0. The lowest BCUT2D eigenvalue weighted by atomic mass is 10.0. The molecule has 1 aromatic heterocycles. The van der Waals surface area contributed by atoms with Crippen LogP contribution in [0.25, 0.3) is 70.9 Å². The molecule has 0 saturated heterocycles. The fourth-order valence-corrected chi connectivity index (χ4v) is 8.09. The molecule has 3 nitrogen and oxygen atoms in total. The molecule has 11 rings (SSSR count). The normalized spacial score (nSPS) is 12.4. The Morgan fingerprint density at radius 2 is 0.961 bits per heavy atom. The third-order valence-corrected chi connectivity index (χ3v) is 10.5. The van der Waals surface area contributed by atoms with E-state index in [9.17, 15) is 0 Å². The van der Waals surface area contributed by atoms with Gasteiger partial charge in [-0.2, -0.15) is 0 Å². The van der Waals surface area contributed by atoms with Gasteiger partial charge >= 0.3 is 0 Å². The van der Waals surface area contributed by atoms with Gasteiger partial charge in [-0.15, -0.1) is 0 Å². The van der Waals surface area contributed by atoms with Crippen LogP contribution in [0.5, 0.6) is 11.5 Å². The van der Waals surface area contributed by atoms with Crippen LogP contribution in [-0.4, -0.2) is 4.57 Å². The Morgan fingerprint density at radius 1 is 0.333 bits per heavy atom. The molecule has 2 heterocycles. The van der Waals surface area contributed by atoms with Crippen LogP contribution >= 0.6 is 0 Å². The maximum absolute atomic E-state index is 6.62. The van der Waals surface area contributed by atoms with Crippen LogP contribution in [0.4, 0.5) is 17.1 Å². The second-order valence-corrected chi connectivity index (χ2v) is 13.4. The molecule has 3 heteroatoms. The van der Waals surface area contributed by atoms with Crippen molar-refractivity contribution in [1.82, 2.24) is 4.57 Å². The highest BCUT2D eigenvalue weighted by molar-refractivity contribution is 6.12. The number of ether oxygens (including phenoxy) is 1. The number of hydrogen-bond donors (Lipinski definition) is 0. The molecule has 51 heavy (non-hydrogen) atoms. The predicted molar refractivity (Wildman–Crippen MR) is 213 cm³/mol. The molecule has 0 saturated carbocycles. The summed E-state index contributed by atoms with van der Waals surface area (Å²) in [5.41, 5.74) is 8.96. The molecular weight excluding hydrogens is 621 g/mol. The summed E-state index contributed by atoms with van der Waals surface area (Å²) >= 11 is 0. The predicted octanol–water partition coefficient (Wildman–Crippen LogP) is 13.5. The summed E-state index contributed by atoms with van der Waals surface area (Å²) < 4.78 is 9.03. The first-order valence-electron chi connectivity index (χ1n) is 17.4. The van der Waals surface area contributed by atoms with Crippen LogP contribution in [0, 0.1) is 0 Å². The van der Waals surface area contributed by atoms with Crippen LogP contribution in [0.15, 0.2) is 182 Å². The average Bonchev–Trinajstić information content (AvgIpc) is 3.53. The van der Waals surface area contributed by atoms with Gasteiger partial charge in [0.15, 0.2) is 11.5 Å². The molecule has 0 aliphatic carbocycles. The molecule has 0 radical (unpaired) electrons. The number of hydrogen-bond acceptors (Lipinski definition) is 2. The van der Waals surface area contributed by atoms with Crippen LogP contribution in [0.2, 0.25) is 0 Å². The lowest BCUT2D eigenvalue weighted by Gasteiger charge is -2.33. The molecule has 238 valence electrons. The van der Waals surface area contributed by atoms with Gasteiger partial charge in [-0.05, 0) is 110 Å². The van der Waals surface area contributed by atoms with Crippen LogP contribution < -0.4 is 9.64 Å². The molecule has 0 N–H and O–H groups in total. The molecule has 0 unspecified atom stereocenters. The van der Waals surface area contributed by atoms with E-state index in [4.69, 9.17) is 4.74 Å². The van der Waals surface area contributed by atoms with Gasteiger partial charge in [0.25, 0.3) is 0 Å². The zero-order valence-corrected chi connectivity index (χ0v) is 27.6. The summed E-state index contributed by atoms with van der Waals surface area (Å²) in [6, 6.07) is 65.6. The summed E-state index contributed by atoms with van der Waals surface area (Å²) in [7, 11) is 0. The summed E-state index contributed by atoms with van der Waals surface area (Å²) in [6.07, 6.45) is 0. The quantitative estimate of drug-likeness (QED) is 0.177. The number of para-hydroxylation sites is 3. The zero-order valence-electron chi connectivity index (χ0n) is 27.6. The summed E-state index contributed by atoms with van der Waals surface area (Å²) in [4.78, 5) is 2.31. The van der Waals surface area contributed by atoms with Crippen molar-refractivity contribution in [1.29, 1.82) is 0 Å². The number of fused-ring (bicyclic) bond motifs is 9. The molecule has 1 aliphatic rings. The second-order valence-electron chi connectivity index (χ2n) is 13.4. The highest BCUT2D eigenvalue weighted by atomic mass is 16.5. The lowest BCUT2D eigenvalue weighted by molar-refractivity contribution is 0.477. The second kappa shape index (κ2) is 10.8. The molecule has 0 atom stereocenters. The SMILES string of the molecule is c1ccc2c(c1)Oc1cc(-c3ccc4c(c3)c3ccccc3n4-c3ccc4ccc5ccccc5c4c3)ccc1N2c1ccc2ccccc2c1. The van der Waals surface area contributed by atoms with Crippen LogP contribution in [-0.2, 0) is 0 Å². The van der Waals surface area contributed by atoms with Gasteiger partial charge < -0.3 is 14.2 Å². The Hall–Kier alpha value is -6.84. The monoisotopic (exact) mass is 650 g/mol. The van der Waals surface area contributed by atoms with Gasteiger partial charge in [0.1, 0.15) is 0 Å². The Kier molecular flexibility index (Phi) is 5.96. The van der Waals surface area contributed by atoms with E-state index in [-0.39, 0.29) is 0 Å². The van der Waals surface area contributed by atoms with E-state index < -0.39 is 0 Å². The molecule has 1 aliphatic heterocycles. The van der Waals surface area contributed by atoms with Crippen LogP contribution in [0.1, 0.15) is 0 Å². The van der Waals surface area contributed by atoms with Gasteiger partial charge in [-0.3, -0.25) is 0 Å². The minimum absolute atomic E-state index is 0.838. The van der Waals surface area contributed by atoms with Gasteiger partial charge in [0.05, 0.1) is 22.4 Å². The van der Waals surface area contributed by atoms with Gasteiger partial charge in [0, 0.05) is 22.1 Å². The van der Waals surface area contributed by atoms with Gasteiger partial charge in [0.2, 0.25) is 0 Å². The average molecular weight is 651 g/mol. The molecular formula is C48H30N2O. The van der Waals surface area contributed by atoms with E-state index >= 15 is 0 Å². The minimum atomic E-state index is 0.838. The lowest BCUT2D eigenvalue weighted by Crippen LogP contribution is -2.15. The van der Waals surface area contributed by atoms with Gasteiger partial charge in [-0.25, -0.2) is 0 Å². The highest BCUT2D eigenvalue weighted by Gasteiger charge is 2.26. The largest absolute Gasteiger partial charge is 0.453 e. The van der Waals surface area contributed by atoms with Crippen molar-refractivity contribution < 1.29 is 4.74 Å². The fourth-order valence-electron chi connectivity index (χ4n) is 8.09. The Bertz CT molecular complexity index is 3030. The molecule has 0 fully saturated rings. The molecule has 0 spiro atoms. The van der Waals surface area contributed by atoms with Crippen molar-refractivity contribution in [2.75, 3.05) is 4.90 Å². The van der Waals surface area contributed by atoms with E-state index in [0.29, 0.717) is 0 Å². The standard InChI is InChI=1S/C48H30N2O/c1-2-11-34-27-37(23-19-31(34)9-1)50-45-15-7-8-16-47(45)51-48-29-36(22-26-46(48)50)35-21-25-44-42(28-35)40-13-5-6-14-43(40)49(44)38-24-20-33-18-17-32-10-3-4-12-39(32)41(33)30-38/h1-30H. The van der Waals surface area contributed by atoms with Crippen molar-refractivity contribution in [3.8, 4) is 28.3 Å². The third-order valence-electron chi connectivity index (χ3n) is 10.5. The van der Waals surface area contributed by atoms with E-state index in [0.717, 1.165) is 45.4 Å².